The van der Waals surface area contributed by atoms with Gasteiger partial charge in [0, 0.05) is 24.9 Å². The van der Waals surface area contributed by atoms with E-state index in [-0.39, 0.29) is 25.4 Å². The number of aliphatic hydroxyl groups excluding tert-OH is 2. The highest BCUT2D eigenvalue weighted by atomic mass is 16.3. The van der Waals surface area contributed by atoms with Gasteiger partial charge < -0.3 is 19.9 Å². The Morgan fingerprint density at radius 1 is 1.40 bits per heavy atom. The van der Waals surface area contributed by atoms with Gasteiger partial charge in [-0.05, 0) is 0 Å². The summed E-state index contributed by atoms with van der Waals surface area (Å²) in [6, 6.07) is 0. The Labute approximate surface area is 88.7 Å². The van der Waals surface area contributed by atoms with E-state index >= 15 is 0 Å². The molecule has 1 heterocycles. The predicted octanol–water partition coefficient (Wildman–Crippen LogP) is -0.834. The van der Waals surface area contributed by atoms with Crippen molar-refractivity contribution < 1.29 is 19.8 Å². The van der Waals surface area contributed by atoms with E-state index in [9.17, 15) is 19.8 Å². The van der Waals surface area contributed by atoms with Gasteiger partial charge in [0.1, 0.15) is 6.29 Å². The minimum atomic E-state index is -0.867. The monoisotopic (exact) mass is 215 g/mol. The number of β-amino-alcohol motifs (C(OH)–C–C–N with tert-alkyl or cyclic N) is 2. The normalized spacial score (nSPS) is 26.8. The zero-order valence-electron chi connectivity index (χ0n) is 9.01. The summed E-state index contributed by atoms with van der Waals surface area (Å²) >= 11 is 0. The lowest BCUT2D eigenvalue weighted by Crippen LogP contribution is -2.33. The van der Waals surface area contributed by atoms with Crippen molar-refractivity contribution in [2.24, 2.45) is 5.41 Å². The van der Waals surface area contributed by atoms with Gasteiger partial charge >= 0.3 is 0 Å². The van der Waals surface area contributed by atoms with Crippen LogP contribution in [0.15, 0.2) is 0 Å². The summed E-state index contributed by atoms with van der Waals surface area (Å²) < 4.78 is 0. The summed E-state index contributed by atoms with van der Waals surface area (Å²) in [6.07, 6.45) is -0.884. The Kier molecular flexibility index (Phi) is 3.46. The lowest BCUT2D eigenvalue weighted by atomic mass is 9.91. The Morgan fingerprint density at radius 2 is 1.87 bits per heavy atom. The quantitative estimate of drug-likeness (QED) is 0.602. The van der Waals surface area contributed by atoms with Crippen molar-refractivity contribution in [2.75, 3.05) is 13.1 Å². The van der Waals surface area contributed by atoms with Crippen LogP contribution in [0.5, 0.6) is 0 Å². The molecule has 1 amide bonds. The van der Waals surface area contributed by atoms with Crippen LogP contribution in [0, 0.1) is 5.41 Å². The van der Waals surface area contributed by atoms with Gasteiger partial charge in [0.15, 0.2) is 0 Å². The molecule has 15 heavy (non-hydrogen) atoms. The average molecular weight is 215 g/mol. The summed E-state index contributed by atoms with van der Waals surface area (Å²) in [5.41, 5.74) is -0.685. The first-order chi connectivity index (χ1) is 6.85. The lowest BCUT2D eigenvalue weighted by molar-refractivity contribution is -0.135. The third-order valence-electron chi connectivity index (χ3n) is 2.54. The number of carbonyl (C=O) groups excluding carboxylic acids is 2. The van der Waals surface area contributed by atoms with Crippen LogP contribution >= 0.6 is 0 Å². The third kappa shape index (κ3) is 3.00. The molecule has 0 aliphatic carbocycles. The fraction of sp³-hybridized carbons (Fsp3) is 0.800. The van der Waals surface area contributed by atoms with E-state index in [1.807, 2.05) is 0 Å². The molecular weight excluding hydrogens is 198 g/mol. The van der Waals surface area contributed by atoms with E-state index in [2.05, 4.69) is 0 Å². The van der Waals surface area contributed by atoms with E-state index in [0.29, 0.717) is 0 Å². The molecule has 0 aromatic carbocycles. The van der Waals surface area contributed by atoms with Crippen molar-refractivity contribution in [3.05, 3.63) is 0 Å². The molecule has 2 atom stereocenters. The second-order valence-corrected chi connectivity index (χ2v) is 4.72. The number of nitrogens with zero attached hydrogens (tertiary/aromatic N) is 1. The third-order valence-corrected chi connectivity index (χ3v) is 2.54. The predicted molar refractivity (Wildman–Crippen MR) is 53.1 cm³/mol. The number of hydrogen-bond donors (Lipinski definition) is 2. The highest BCUT2D eigenvalue weighted by molar-refractivity contribution is 5.80. The zero-order chi connectivity index (χ0) is 11.6. The Balaban J connectivity index is 2.53. The van der Waals surface area contributed by atoms with Gasteiger partial charge in [0.2, 0.25) is 5.91 Å². The summed E-state index contributed by atoms with van der Waals surface area (Å²) in [4.78, 5) is 23.7. The van der Waals surface area contributed by atoms with Crippen LogP contribution in [0.1, 0.15) is 20.3 Å². The number of likely N-dealkylation sites (tertiary alicyclic amines) is 1. The second-order valence-electron chi connectivity index (χ2n) is 4.72. The average Bonchev–Trinajstić information content (AvgIpc) is 2.47. The largest absolute Gasteiger partial charge is 0.388 e. The summed E-state index contributed by atoms with van der Waals surface area (Å²) in [5.74, 6) is -0.206. The first kappa shape index (κ1) is 12.1. The molecule has 5 heteroatoms. The first-order valence-corrected chi connectivity index (χ1v) is 4.96. The Hall–Kier alpha value is -0.940. The standard InChI is InChI=1S/C10H17NO4/c1-10(2,6-12)3-9(15)11-4-7(13)8(14)5-11/h6-8,13-14H,3-5H2,1-2H3. The highest BCUT2D eigenvalue weighted by Crippen LogP contribution is 2.20. The van der Waals surface area contributed by atoms with Crippen molar-refractivity contribution in [3.63, 3.8) is 0 Å². The molecule has 1 aliphatic heterocycles. The van der Waals surface area contributed by atoms with E-state index in [1.54, 1.807) is 13.8 Å². The zero-order valence-corrected chi connectivity index (χ0v) is 9.01. The minimum Gasteiger partial charge on any atom is -0.388 e. The number of aliphatic hydroxyl groups is 2. The molecule has 2 N–H and O–H groups in total. The van der Waals surface area contributed by atoms with E-state index in [4.69, 9.17) is 0 Å². The van der Waals surface area contributed by atoms with Crippen molar-refractivity contribution in [3.8, 4) is 0 Å². The molecule has 0 bridgehead atoms. The first-order valence-electron chi connectivity index (χ1n) is 4.96. The van der Waals surface area contributed by atoms with Crippen LogP contribution < -0.4 is 0 Å². The lowest BCUT2D eigenvalue weighted by Gasteiger charge is -2.21. The van der Waals surface area contributed by atoms with Gasteiger partial charge in [-0.25, -0.2) is 0 Å². The van der Waals surface area contributed by atoms with E-state index < -0.39 is 17.6 Å². The molecule has 86 valence electrons. The maximum absolute atomic E-state index is 11.7. The van der Waals surface area contributed by atoms with Gasteiger partial charge in [-0.15, -0.1) is 0 Å². The van der Waals surface area contributed by atoms with Crippen molar-refractivity contribution in [2.45, 2.75) is 32.5 Å². The molecule has 2 unspecified atom stereocenters. The molecule has 0 saturated carbocycles. The number of carbonyl (C=O) groups is 2. The number of aldehydes is 1. The van der Waals surface area contributed by atoms with Crippen LogP contribution in [0.2, 0.25) is 0 Å². The Morgan fingerprint density at radius 3 is 2.27 bits per heavy atom. The minimum absolute atomic E-state index is 0.107. The molecule has 0 aromatic rings. The van der Waals surface area contributed by atoms with Gasteiger partial charge in [-0.3, -0.25) is 4.79 Å². The maximum atomic E-state index is 11.7. The molecule has 0 spiro atoms. The number of rotatable bonds is 3. The molecule has 0 radical (unpaired) electrons. The second kappa shape index (κ2) is 4.28. The van der Waals surface area contributed by atoms with Gasteiger partial charge in [0.05, 0.1) is 12.2 Å². The van der Waals surface area contributed by atoms with Crippen LogP contribution in [0.4, 0.5) is 0 Å². The van der Waals surface area contributed by atoms with E-state index in [0.717, 1.165) is 6.29 Å². The van der Waals surface area contributed by atoms with Crippen molar-refractivity contribution >= 4 is 12.2 Å². The highest BCUT2D eigenvalue weighted by Gasteiger charge is 2.34. The molecular formula is C10H17NO4. The molecule has 1 rings (SSSR count). The van der Waals surface area contributed by atoms with Crippen LogP contribution in [-0.2, 0) is 9.59 Å². The number of hydrogen-bond acceptors (Lipinski definition) is 4. The van der Waals surface area contributed by atoms with Gasteiger partial charge in [-0.2, -0.15) is 0 Å². The van der Waals surface area contributed by atoms with Crippen LogP contribution in [0.25, 0.3) is 0 Å². The SMILES string of the molecule is CC(C)(C=O)CC(=O)N1CC(O)C(O)C1. The van der Waals surface area contributed by atoms with Gasteiger partial charge in [-0.1, -0.05) is 13.8 Å². The fourth-order valence-corrected chi connectivity index (χ4v) is 1.52. The molecule has 1 saturated heterocycles. The number of amides is 1. The van der Waals surface area contributed by atoms with Gasteiger partial charge in [0.25, 0.3) is 0 Å². The van der Waals surface area contributed by atoms with Crippen LogP contribution in [-0.4, -0.2) is 52.6 Å². The maximum Gasteiger partial charge on any atom is 0.223 e. The summed E-state index contributed by atoms with van der Waals surface area (Å²) in [5, 5.41) is 18.5. The Bertz CT molecular complexity index is 254. The molecule has 0 aromatic heterocycles. The van der Waals surface area contributed by atoms with Crippen LogP contribution in [0.3, 0.4) is 0 Å². The van der Waals surface area contributed by atoms with Crippen molar-refractivity contribution in [1.29, 1.82) is 0 Å². The smallest absolute Gasteiger partial charge is 0.223 e. The molecule has 1 fully saturated rings. The van der Waals surface area contributed by atoms with Crippen molar-refractivity contribution in [1.82, 2.24) is 4.90 Å². The fourth-order valence-electron chi connectivity index (χ4n) is 1.52. The summed E-state index contributed by atoms with van der Waals surface area (Å²) in [7, 11) is 0. The molecule has 5 nitrogen and oxygen atoms in total. The summed E-state index contributed by atoms with van der Waals surface area (Å²) in [6.45, 7) is 3.66. The van der Waals surface area contributed by atoms with E-state index in [1.165, 1.54) is 4.90 Å². The topological polar surface area (TPSA) is 77.8 Å². The molecule has 1 aliphatic rings.